The first-order chi connectivity index (χ1) is 14.1. The van der Waals surface area contributed by atoms with Crippen molar-refractivity contribution in [2.24, 2.45) is 0 Å². The molecule has 4 rings (SSSR count). The maximum atomic E-state index is 13.3. The molecule has 0 atom stereocenters. The van der Waals surface area contributed by atoms with E-state index in [0.29, 0.717) is 23.5 Å². The number of carbonyl (C=O) groups is 1. The maximum Gasteiger partial charge on any atom is 0.269 e. The van der Waals surface area contributed by atoms with E-state index in [4.69, 9.17) is 0 Å². The number of hydrogen-bond acceptors (Lipinski definition) is 5. The van der Waals surface area contributed by atoms with Gasteiger partial charge in [0.05, 0.1) is 11.5 Å². The van der Waals surface area contributed by atoms with Crippen molar-refractivity contribution in [2.75, 3.05) is 0 Å². The van der Waals surface area contributed by atoms with Gasteiger partial charge in [-0.3, -0.25) is 14.9 Å². The zero-order valence-electron chi connectivity index (χ0n) is 15.3. The molecule has 0 amide bonds. The SMILES string of the molecule is O=C(c1ccc([N+](=O)[O-])cc1)c1c(-c2ccccc2)nnn1Cc1ccccc1. The third-order valence-electron chi connectivity index (χ3n) is 4.51. The number of nitrogens with zero attached hydrogens (tertiary/aromatic N) is 4. The Bertz CT molecular complexity index is 1150. The van der Waals surface area contributed by atoms with Crippen LogP contribution < -0.4 is 0 Å². The van der Waals surface area contributed by atoms with Gasteiger partial charge in [0.1, 0.15) is 11.4 Å². The fourth-order valence-corrected chi connectivity index (χ4v) is 3.07. The Kier molecular flexibility index (Phi) is 4.94. The summed E-state index contributed by atoms with van der Waals surface area (Å²) in [6.45, 7) is 0.384. The number of benzene rings is 3. The number of hydrogen-bond donors (Lipinski definition) is 0. The van der Waals surface area contributed by atoms with Gasteiger partial charge in [-0.15, -0.1) is 5.10 Å². The molecule has 0 bridgehead atoms. The highest BCUT2D eigenvalue weighted by atomic mass is 16.6. The molecule has 0 saturated heterocycles. The molecule has 0 unspecified atom stereocenters. The summed E-state index contributed by atoms with van der Waals surface area (Å²) in [6.07, 6.45) is 0. The summed E-state index contributed by atoms with van der Waals surface area (Å²) in [7, 11) is 0. The van der Waals surface area contributed by atoms with Crippen LogP contribution in [0.3, 0.4) is 0 Å². The quantitative estimate of drug-likeness (QED) is 0.283. The van der Waals surface area contributed by atoms with E-state index in [-0.39, 0.29) is 11.5 Å². The molecule has 142 valence electrons. The van der Waals surface area contributed by atoms with Crippen LogP contribution in [-0.2, 0) is 6.54 Å². The maximum absolute atomic E-state index is 13.3. The molecule has 0 fully saturated rings. The van der Waals surface area contributed by atoms with Gasteiger partial charge in [-0.1, -0.05) is 65.9 Å². The number of non-ortho nitro benzene ring substituents is 1. The van der Waals surface area contributed by atoms with Crippen LogP contribution in [0.25, 0.3) is 11.3 Å². The van der Waals surface area contributed by atoms with E-state index < -0.39 is 4.92 Å². The Morgan fingerprint density at radius 1 is 0.897 bits per heavy atom. The third-order valence-corrected chi connectivity index (χ3v) is 4.51. The third kappa shape index (κ3) is 3.79. The Labute approximate surface area is 166 Å². The van der Waals surface area contributed by atoms with Crippen molar-refractivity contribution >= 4 is 11.5 Å². The van der Waals surface area contributed by atoms with E-state index in [1.165, 1.54) is 24.3 Å². The second kappa shape index (κ2) is 7.85. The number of ketones is 1. The summed E-state index contributed by atoms with van der Waals surface area (Å²) in [5.74, 6) is -0.292. The minimum Gasteiger partial charge on any atom is -0.287 e. The Morgan fingerprint density at radius 3 is 2.14 bits per heavy atom. The number of aromatic nitrogens is 3. The lowest BCUT2D eigenvalue weighted by molar-refractivity contribution is -0.384. The van der Waals surface area contributed by atoms with Crippen molar-refractivity contribution in [3.63, 3.8) is 0 Å². The molecule has 0 spiro atoms. The van der Waals surface area contributed by atoms with E-state index in [1.54, 1.807) is 4.68 Å². The molecule has 3 aromatic carbocycles. The molecule has 29 heavy (non-hydrogen) atoms. The molecule has 0 radical (unpaired) electrons. The summed E-state index contributed by atoms with van der Waals surface area (Å²) in [5.41, 5.74) is 2.84. The van der Waals surface area contributed by atoms with Crippen LogP contribution in [-0.4, -0.2) is 25.7 Å². The van der Waals surface area contributed by atoms with Crippen molar-refractivity contribution in [3.8, 4) is 11.3 Å². The summed E-state index contributed by atoms with van der Waals surface area (Å²) in [6, 6.07) is 24.5. The lowest BCUT2D eigenvalue weighted by atomic mass is 10.0. The van der Waals surface area contributed by atoms with Crippen LogP contribution in [0.15, 0.2) is 84.9 Å². The molecule has 1 aromatic heterocycles. The van der Waals surface area contributed by atoms with Gasteiger partial charge in [0, 0.05) is 23.3 Å². The van der Waals surface area contributed by atoms with Crippen molar-refractivity contribution in [1.29, 1.82) is 0 Å². The van der Waals surface area contributed by atoms with Crippen molar-refractivity contribution < 1.29 is 9.72 Å². The molecule has 0 aliphatic carbocycles. The Hall–Kier alpha value is -4.13. The summed E-state index contributed by atoms with van der Waals surface area (Å²) < 4.78 is 1.57. The molecule has 7 nitrogen and oxygen atoms in total. The van der Waals surface area contributed by atoms with Crippen LogP contribution in [0.2, 0.25) is 0 Å². The van der Waals surface area contributed by atoms with Crippen LogP contribution in [0.5, 0.6) is 0 Å². The summed E-state index contributed by atoms with van der Waals surface area (Å²) in [5, 5.41) is 19.4. The monoisotopic (exact) mass is 384 g/mol. The van der Waals surface area contributed by atoms with Crippen molar-refractivity contribution in [2.45, 2.75) is 6.54 Å². The highest BCUT2D eigenvalue weighted by molar-refractivity contribution is 6.11. The molecule has 0 aliphatic heterocycles. The van der Waals surface area contributed by atoms with Gasteiger partial charge >= 0.3 is 0 Å². The van der Waals surface area contributed by atoms with Crippen molar-refractivity contribution in [1.82, 2.24) is 15.0 Å². The fraction of sp³-hybridized carbons (Fsp3) is 0.0455. The number of nitro groups is 1. The van der Waals surface area contributed by atoms with Crippen LogP contribution >= 0.6 is 0 Å². The first kappa shape index (κ1) is 18.2. The number of rotatable bonds is 6. The number of nitro benzene ring substituents is 1. The predicted octanol–water partition coefficient (Wildman–Crippen LogP) is 4.13. The van der Waals surface area contributed by atoms with E-state index in [9.17, 15) is 14.9 Å². The Balaban J connectivity index is 1.79. The van der Waals surface area contributed by atoms with E-state index in [0.717, 1.165) is 11.1 Å². The summed E-state index contributed by atoms with van der Waals surface area (Å²) >= 11 is 0. The second-order valence-corrected chi connectivity index (χ2v) is 6.43. The van der Waals surface area contributed by atoms with Gasteiger partial charge in [-0.25, -0.2) is 4.68 Å². The van der Waals surface area contributed by atoms with Crippen LogP contribution in [0.4, 0.5) is 5.69 Å². The minimum atomic E-state index is -0.495. The lowest BCUT2D eigenvalue weighted by Gasteiger charge is -2.08. The molecular formula is C22H16N4O3. The molecule has 0 N–H and O–H groups in total. The van der Waals surface area contributed by atoms with E-state index in [1.807, 2.05) is 60.7 Å². The highest BCUT2D eigenvalue weighted by Gasteiger charge is 2.23. The molecule has 1 heterocycles. The zero-order chi connectivity index (χ0) is 20.2. The van der Waals surface area contributed by atoms with Gasteiger partial charge in [-0.2, -0.15) is 0 Å². The van der Waals surface area contributed by atoms with E-state index in [2.05, 4.69) is 10.3 Å². The highest BCUT2D eigenvalue weighted by Crippen LogP contribution is 2.25. The van der Waals surface area contributed by atoms with Gasteiger partial charge in [-0.05, 0) is 17.7 Å². The van der Waals surface area contributed by atoms with Gasteiger partial charge < -0.3 is 0 Å². The molecule has 4 aromatic rings. The smallest absolute Gasteiger partial charge is 0.269 e. The lowest BCUT2D eigenvalue weighted by Crippen LogP contribution is -2.13. The number of carbonyl (C=O) groups excluding carboxylic acids is 1. The molecule has 0 aliphatic rings. The minimum absolute atomic E-state index is 0.0687. The van der Waals surface area contributed by atoms with Gasteiger partial charge in [0.25, 0.3) is 5.69 Å². The van der Waals surface area contributed by atoms with Crippen LogP contribution in [0.1, 0.15) is 21.6 Å². The van der Waals surface area contributed by atoms with E-state index >= 15 is 0 Å². The second-order valence-electron chi connectivity index (χ2n) is 6.43. The predicted molar refractivity (Wildman–Crippen MR) is 108 cm³/mol. The molecule has 0 saturated carbocycles. The molecular weight excluding hydrogens is 368 g/mol. The van der Waals surface area contributed by atoms with Crippen LogP contribution in [0, 0.1) is 10.1 Å². The summed E-state index contributed by atoms with van der Waals surface area (Å²) in [4.78, 5) is 23.7. The average Bonchev–Trinajstić information content (AvgIpc) is 3.18. The fourth-order valence-electron chi connectivity index (χ4n) is 3.07. The topological polar surface area (TPSA) is 90.9 Å². The molecule has 7 heteroatoms. The van der Waals surface area contributed by atoms with Gasteiger partial charge in [0.15, 0.2) is 0 Å². The normalized spacial score (nSPS) is 10.6. The zero-order valence-corrected chi connectivity index (χ0v) is 15.3. The largest absolute Gasteiger partial charge is 0.287 e. The van der Waals surface area contributed by atoms with Gasteiger partial charge in [0.2, 0.25) is 5.78 Å². The first-order valence-corrected chi connectivity index (χ1v) is 8.95. The Morgan fingerprint density at radius 2 is 1.52 bits per heavy atom. The standard InChI is InChI=1S/C22H16N4O3/c27-22(18-11-13-19(14-12-18)26(28)29)21-20(17-9-5-2-6-10-17)23-24-25(21)15-16-7-3-1-4-8-16/h1-14H,15H2. The van der Waals surface area contributed by atoms with Crippen molar-refractivity contribution in [3.05, 3.63) is 112 Å². The first-order valence-electron chi connectivity index (χ1n) is 8.95. The average molecular weight is 384 g/mol.